The van der Waals surface area contributed by atoms with Crippen LogP contribution < -0.4 is 0 Å². The normalized spacial score (nSPS) is 11.7. The highest BCUT2D eigenvalue weighted by atomic mass is 32.1. The van der Waals surface area contributed by atoms with E-state index in [1.807, 2.05) is 30.7 Å². The zero-order valence-corrected chi connectivity index (χ0v) is 10.1. The Morgan fingerprint density at radius 2 is 2.13 bits per heavy atom. The summed E-state index contributed by atoms with van der Waals surface area (Å²) in [6, 6.07) is 2.02. The summed E-state index contributed by atoms with van der Waals surface area (Å²) in [6.07, 6.45) is 2.19. The molecular weight excluding hydrogens is 208 g/mol. The number of hydrogen-bond donors (Lipinski definition) is 1. The van der Waals surface area contributed by atoms with Gasteiger partial charge in [-0.15, -0.1) is 0 Å². The van der Waals surface area contributed by atoms with Crippen LogP contribution in [0.25, 0.3) is 0 Å². The van der Waals surface area contributed by atoms with Gasteiger partial charge in [-0.05, 0) is 41.7 Å². The average Bonchev–Trinajstić information content (AvgIpc) is 2.77. The molecular formula is C12H18O2S. The number of rotatable bonds is 6. The summed E-state index contributed by atoms with van der Waals surface area (Å²) in [5.41, 5.74) is 0.0821. The second kappa shape index (κ2) is 5.42. The molecule has 0 fully saturated rings. The Balaban J connectivity index is 2.48. The third kappa shape index (κ3) is 3.14. The molecule has 0 radical (unpaired) electrons. The fraction of sp³-hybridized carbons (Fsp3) is 0.583. The molecule has 1 rings (SSSR count). The van der Waals surface area contributed by atoms with E-state index >= 15 is 0 Å². The highest BCUT2D eigenvalue weighted by Gasteiger charge is 2.30. The minimum Gasteiger partial charge on any atom is -0.382 e. The second-order valence-corrected chi connectivity index (χ2v) is 4.57. The lowest BCUT2D eigenvalue weighted by Gasteiger charge is -2.23. The molecule has 84 valence electrons. The summed E-state index contributed by atoms with van der Waals surface area (Å²) in [5.74, 6) is -0.0290. The van der Waals surface area contributed by atoms with E-state index < -0.39 is 5.60 Å². The average molecular weight is 226 g/mol. The molecule has 2 nitrogen and oxygen atoms in total. The largest absolute Gasteiger partial charge is 0.382 e. The van der Waals surface area contributed by atoms with Crippen LogP contribution in [0, 0.1) is 0 Å². The molecule has 0 amide bonds. The van der Waals surface area contributed by atoms with Crippen molar-refractivity contribution >= 4 is 17.1 Å². The van der Waals surface area contributed by atoms with Crippen molar-refractivity contribution in [2.75, 3.05) is 0 Å². The molecule has 1 heterocycles. The van der Waals surface area contributed by atoms with Crippen molar-refractivity contribution in [3.63, 3.8) is 0 Å². The highest BCUT2D eigenvalue weighted by molar-refractivity contribution is 7.07. The van der Waals surface area contributed by atoms with E-state index in [2.05, 4.69) is 0 Å². The predicted molar refractivity (Wildman–Crippen MR) is 63.2 cm³/mol. The molecule has 0 saturated carbocycles. The SMILES string of the molecule is CCC(O)(CC)C(=O)CCc1ccsc1. The van der Waals surface area contributed by atoms with Crippen LogP contribution in [0.4, 0.5) is 0 Å². The van der Waals surface area contributed by atoms with Crippen molar-refractivity contribution in [3.05, 3.63) is 22.4 Å². The smallest absolute Gasteiger partial charge is 0.164 e. The Kier molecular flexibility index (Phi) is 4.48. The monoisotopic (exact) mass is 226 g/mol. The molecule has 3 heteroatoms. The van der Waals surface area contributed by atoms with Crippen LogP contribution in [0.5, 0.6) is 0 Å². The van der Waals surface area contributed by atoms with Gasteiger partial charge in [-0.3, -0.25) is 4.79 Å². The first-order valence-electron chi connectivity index (χ1n) is 5.39. The van der Waals surface area contributed by atoms with Crippen LogP contribution in [0.15, 0.2) is 16.8 Å². The number of aryl methyl sites for hydroxylation is 1. The van der Waals surface area contributed by atoms with Gasteiger partial charge in [0.05, 0.1) is 0 Å². The van der Waals surface area contributed by atoms with Crippen LogP contribution >= 0.6 is 11.3 Å². The maximum atomic E-state index is 11.8. The third-order valence-corrected chi connectivity index (χ3v) is 3.64. The van der Waals surface area contributed by atoms with Crippen molar-refractivity contribution < 1.29 is 9.90 Å². The Labute approximate surface area is 94.9 Å². The van der Waals surface area contributed by atoms with E-state index in [9.17, 15) is 9.90 Å². The number of ketones is 1. The summed E-state index contributed by atoms with van der Waals surface area (Å²) in [5, 5.41) is 14.0. The van der Waals surface area contributed by atoms with E-state index in [1.165, 1.54) is 5.56 Å². The standard InChI is InChI=1S/C12H18O2S/c1-3-12(14,4-2)11(13)6-5-10-7-8-15-9-10/h7-9,14H,3-6H2,1-2H3. The molecule has 1 aromatic heterocycles. The van der Waals surface area contributed by atoms with Crippen LogP contribution in [0.2, 0.25) is 0 Å². The molecule has 0 spiro atoms. The van der Waals surface area contributed by atoms with Crippen LogP contribution in [0.1, 0.15) is 38.7 Å². The first-order valence-corrected chi connectivity index (χ1v) is 6.33. The van der Waals surface area contributed by atoms with Crippen molar-refractivity contribution in [3.8, 4) is 0 Å². The fourth-order valence-electron chi connectivity index (χ4n) is 1.57. The zero-order valence-electron chi connectivity index (χ0n) is 9.32. The second-order valence-electron chi connectivity index (χ2n) is 3.79. The quantitative estimate of drug-likeness (QED) is 0.810. The summed E-state index contributed by atoms with van der Waals surface area (Å²) >= 11 is 1.64. The minimum atomic E-state index is -1.10. The Hall–Kier alpha value is -0.670. The topological polar surface area (TPSA) is 37.3 Å². The van der Waals surface area contributed by atoms with Crippen LogP contribution in [-0.4, -0.2) is 16.5 Å². The molecule has 0 aliphatic carbocycles. The first kappa shape index (κ1) is 12.4. The Bertz CT molecular complexity index is 299. The van der Waals surface area contributed by atoms with Gasteiger partial charge in [-0.25, -0.2) is 0 Å². The van der Waals surface area contributed by atoms with Gasteiger partial charge in [-0.2, -0.15) is 11.3 Å². The molecule has 1 N–H and O–H groups in total. The summed E-state index contributed by atoms with van der Waals surface area (Å²) in [6.45, 7) is 3.71. The molecule has 0 saturated heterocycles. The lowest BCUT2D eigenvalue weighted by Crippen LogP contribution is -2.37. The van der Waals surface area contributed by atoms with Gasteiger partial charge in [-0.1, -0.05) is 13.8 Å². The van der Waals surface area contributed by atoms with E-state index in [0.29, 0.717) is 19.3 Å². The lowest BCUT2D eigenvalue weighted by molar-refractivity contribution is -0.138. The molecule has 0 atom stereocenters. The van der Waals surface area contributed by atoms with E-state index in [4.69, 9.17) is 0 Å². The molecule has 1 aromatic rings. The summed E-state index contributed by atoms with van der Waals surface area (Å²) < 4.78 is 0. The van der Waals surface area contributed by atoms with Crippen molar-refractivity contribution in [2.24, 2.45) is 0 Å². The molecule has 0 aromatic carbocycles. The van der Waals surface area contributed by atoms with Gasteiger partial charge in [0.1, 0.15) is 5.60 Å². The number of Topliss-reactive ketones (excluding diaryl/α,β-unsaturated/α-hetero) is 1. The fourth-order valence-corrected chi connectivity index (χ4v) is 2.27. The van der Waals surface area contributed by atoms with Crippen LogP contribution in [-0.2, 0) is 11.2 Å². The lowest BCUT2D eigenvalue weighted by atomic mass is 9.89. The summed E-state index contributed by atoms with van der Waals surface area (Å²) in [7, 11) is 0. The maximum absolute atomic E-state index is 11.8. The predicted octanol–water partition coefficient (Wildman–Crippen LogP) is 2.80. The number of thiophene rings is 1. The van der Waals surface area contributed by atoms with Gasteiger partial charge in [0, 0.05) is 6.42 Å². The van der Waals surface area contributed by atoms with Crippen molar-refractivity contribution in [1.29, 1.82) is 0 Å². The van der Waals surface area contributed by atoms with E-state index in [-0.39, 0.29) is 5.78 Å². The minimum absolute atomic E-state index is 0.0290. The molecule has 0 aliphatic heterocycles. The third-order valence-electron chi connectivity index (χ3n) is 2.91. The van der Waals surface area contributed by atoms with Gasteiger partial charge in [0.2, 0.25) is 0 Å². The summed E-state index contributed by atoms with van der Waals surface area (Å²) in [4.78, 5) is 11.8. The number of carbonyl (C=O) groups is 1. The first-order chi connectivity index (χ1) is 7.12. The van der Waals surface area contributed by atoms with Gasteiger partial charge < -0.3 is 5.11 Å². The molecule has 0 unspecified atom stereocenters. The molecule has 0 bridgehead atoms. The van der Waals surface area contributed by atoms with E-state index in [0.717, 1.165) is 6.42 Å². The molecule has 15 heavy (non-hydrogen) atoms. The van der Waals surface area contributed by atoms with E-state index in [1.54, 1.807) is 11.3 Å². The molecule has 0 aliphatic rings. The Morgan fingerprint density at radius 1 is 1.47 bits per heavy atom. The highest BCUT2D eigenvalue weighted by Crippen LogP contribution is 2.19. The van der Waals surface area contributed by atoms with Crippen molar-refractivity contribution in [1.82, 2.24) is 0 Å². The number of carbonyl (C=O) groups excluding carboxylic acids is 1. The number of aliphatic hydroxyl groups is 1. The van der Waals surface area contributed by atoms with Gasteiger partial charge >= 0.3 is 0 Å². The van der Waals surface area contributed by atoms with Crippen LogP contribution in [0.3, 0.4) is 0 Å². The zero-order chi connectivity index (χ0) is 11.3. The maximum Gasteiger partial charge on any atom is 0.164 e. The van der Waals surface area contributed by atoms with Gasteiger partial charge in [0.15, 0.2) is 5.78 Å². The van der Waals surface area contributed by atoms with Gasteiger partial charge in [0.25, 0.3) is 0 Å². The Morgan fingerprint density at radius 3 is 2.60 bits per heavy atom. The van der Waals surface area contributed by atoms with Crippen molar-refractivity contribution in [2.45, 2.75) is 45.1 Å². The number of hydrogen-bond acceptors (Lipinski definition) is 3.